The summed E-state index contributed by atoms with van der Waals surface area (Å²) in [6.07, 6.45) is 1.59. The number of imide groups is 1. The van der Waals surface area contributed by atoms with Crippen molar-refractivity contribution in [1.82, 2.24) is 4.90 Å². The Morgan fingerprint density at radius 2 is 1.95 bits per heavy atom. The SMILES string of the molecule is O=C1CC(Nc2c(F)cc(F)cc2Cl)C(=O)N1C1CC1. The largest absolute Gasteiger partial charge is 0.370 e. The standard InChI is InChI=1S/C13H11ClF2N2O2/c14-8-3-6(15)4-9(16)12(8)17-10-5-11(19)18(13(10)20)7-1-2-7/h3-4,7,10,17H,1-2,5H2. The number of likely N-dealkylation sites (tertiary alicyclic amines) is 1. The minimum Gasteiger partial charge on any atom is -0.370 e. The molecule has 1 saturated carbocycles. The minimum absolute atomic E-state index is 0.0182. The highest BCUT2D eigenvalue weighted by molar-refractivity contribution is 6.33. The van der Waals surface area contributed by atoms with Gasteiger partial charge in [0.05, 0.1) is 17.1 Å². The lowest BCUT2D eigenvalue weighted by molar-refractivity contribution is -0.139. The zero-order chi connectivity index (χ0) is 14.4. The van der Waals surface area contributed by atoms with Crippen LogP contribution in [0.25, 0.3) is 0 Å². The van der Waals surface area contributed by atoms with Crippen LogP contribution in [0.1, 0.15) is 19.3 Å². The second-order valence-electron chi connectivity index (χ2n) is 4.98. The lowest BCUT2D eigenvalue weighted by atomic mass is 10.2. The van der Waals surface area contributed by atoms with Gasteiger partial charge in [-0.25, -0.2) is 8.78 Å². The van der Waals surface area contributed by atoms with Gasteiger partial charge in [0.2, 0.25) is 5.91 Å². The number of rotatable bonds is 3. The predicted octanol–water partition coefficient (Wildman–Crippen LogP) is 2.32. The molecule has 1 saturated heterocycles. The Morgan fingerprint density at radius 1 is 1.25 bits per heavy atom. The third-order valence-corrected chi connectivity index (χ3v) is 3.72. The van der Waals surface area contributed by atoms with Crippen molar-refractivity contribution in [2.75, 3.05) is 5.32 Å². The van der Waals surface area contributed by atoms with Gasteiger partial charge in [0.15, 0.2) is 5.82 Å². The fraction of sp³-hybridized carbons (Fsp3) is 0.385. The van der Waals surface area contributed by atoms with Crippen molar-refractivity contribution in [2.24, 2.45) is 0 Å². The summed E-state index contributed by atoms with van der Waals surface area (Å²) in [6, 6.07) is 0.761. The Kier molecular flexibility index (Phi) is 3.12. The van der Waals surface area contributed by atoms with Crippen LogP contribution in [0.15, 0.2) is 12.1 Å². The normalized spacial score (nSPS) is 22.6. The lowest BCUT2D eigenvalue weighted by Crippen LogP contribution is -2.36. The average molecular weight is 301 g/mol. The van der Waals surface area contributed by atoms with E-state index in [9.17, 15) is 18.4 Å². The maximum absolute atomic E-state index is 13.7. The number of nitrogens with one attached hydrogen (secondary N) is 1. The van der Waals surface area contributed by atoms with Gasteiger partial charge in [-0.3, -0.25) is 14.5 Å². The van der Waals surface area contributed by atoms with Gasteiger partial charge in [0.1, 0.15) is 11.9 Å². The number of benzene rings is 1. The minimum atomic E-state index is -0.889. The van der Waals surface area contributed by atoms with Crippen LogP contribution < -0.4 is 5.32 Å². The van der Waals surface area contributed by atoms with Crippen molar-refractivity contribution in [3.8, 4) is 0 Å². The molecule has 2 aliphatic rings. The number of anilines is 1. The summed E-state index contributed by atoms with van der Waals surface area (Å²) in [5.41, 5.74) is -0.156. The number of carbonyl (C=O) groups is 2. The van der Waals surface area contributed by atoms with Gasteiger partial charge < -0.3 is 5.32 Å². The van der Waals surface area contributed by atoms with Crippen molar-refractivity contribution in [2.45, 2.75) is 31.3 Å². The molecule has 4 nitrogen and oxygen atoms in total. The molecule has 7 heteroatoms. The topological polar surface area (TPSA) is 49.4 Å². The van der Waals surface area contributed by atoms with Crippen LogP contribution >= 0.6 is 11.6 Å². The van der Waals surface area contributed by atoms with Gasteiger partial charge in [-0.2, -0.15) is 0 Å². The summed E-state index contributed by atoms with van der Waals surface area (Å²) in [5, 5.41) is 2.45. The fourth-order valence-corrected chi connectivity index (χ4v) is 2.58. The quantitative estimate of drug-likeness (QED) is 0.872. The number of nitrogens with zero attached hydrogens (tertiary/aromatic N) is 1. The van der Waals surface area contributed by atoms with E-state index in [0.29, 0.717) is 6.07 Å². The summed E-state index contributed by atoms with van der Waals surface area (Å²) in [6.45, 7) is 0. The van der Waals surface area contributed by atoms with Gasteiger partial charge in [-0.1, -0.05) is 11.6 Å². The molecule has 2 fully saturated rings. The van der Waals surface area contributed by atoms with Crippen LogP contribution in [0.3, 0.4) is 0 Å². The lowest BCUT2D eigenvalue weighted by Gasteiger charge is -2.16. The molecule has 1 aliphatic carbocycles. The Morgan fingerprint density at radius 3 is 2.55 bits per heavy atom. The maximum Gasteiger partial charge on any atom is 0.252 e. The van der Waals surface area contributed by atoms with Crippen molar-refractivity contribution in [3.63, 3.8) is 0 Å². The number of carbonyl (C=O) groups excluding carboxylic acids is 2. The molecule has 0 spiro atoms. The molecule has 0 radical (unpaired) electrons. The fourth-order valence-electron chi connectivity index (χ4n) is 2.33. The number of hydrogen-bond acceptors (Lipinski definition) is 3. The highest BCUT2D eigenvalue weighted by atomic mass is 35.5. The summed E-state index contributed by atoms with van der Waals surface area (Å²) in [7, 11) is 0. The van der Waals surface area contributed by atoms with E-state index in [1.54, 1.807) is 0 Å². The molecule has 106 valence electrons. The van der Waals surface area contributed by atoms with E-state index in [1.807, 2.05) is 0 Å². The molecule has 1 aromatic carbocycles. The molecule has 1 aromatic rings. The average Bonchev–Trinajstić information content (AvgIpc) is 3.12. The molecule has 2 amide bonds. The summed E-state index contributed by atoms with van der Waals surface area (Å²) in [4.78, 5) is 25.1. The summed E-state index contributed by atoms with van der Waals surface area (Å²) >= 11 is 5.76. The Labute approximate surface area is 118 Å². The molecule has 0 bridgehead atoms. The second-order valence-corrected chi connectivity index (χ2v) is 5.39. The highest BCUT2D eigenvalue weighted by Crippen LogP contribution is 2.34. The molecule has 1 N–H and O–H groups in total. The molecule has 1 atom stereocenters. The molecular formula is C13H11ClF2N2O2. The monoisotopic (exact) mass is 300 g/mol. The predicted molar refractivity (Wildman–Crippen MR) is 68.3 cm³/mol. The zero-order valence-corrected chi connectivity index (χ0v) is 11.1. The van der Waals surface area contributed by atoms with Gasteiger partial charge in [-0.05, 0) is 18.9 Å². The van der Waals surface area contributed by atoms with E-state index in [0.717, 1.165) is 18.9 Å². The smallest absolute Gasteiger partial charge is 0.252 e. The number of hydrogen-bond donors (Lipinski definition) is 1. The van der Waals surface area contributed by atoms with Crippen molar-refractivity contribution < 1.29 is 18.4 Å². The number of amides is 2. The first-order valence-corrected chi connectivity index (χ1v) is 6.62. The van der Waals surface area contributed by atoms with E-state index < -0.39 is 17.7 Å². The highest BCUT2D eigenvalue weighted by Gasteiger charge is 2.46. The molecule has 3 rings (SSSR count). The molecule has 1 unspecified atom stereocenters. The van der Waals surface area contributed by atoms with Crippen molar-refractivity contribution in [1.29, 1.82) is 0 Å². The maximum atomic E-state index is 13.7. The third kappa shape index (κ3) is 2.24. The molecule has 1 heterocycles. The van der Waals surface area contributed by atoms with E-state index in [4.69, 9.17) is 11.6 Å². The van der Waals surface area contributed by atoms with Crippen LogP contribution in [-0.2, 0) is 9.59 Å². The van der Waals surface area contributed by atoms with Gasteiger partial charge in [0.25, 0.3) is 5.91 Å². The van der Waals surface area contributed by atoms with Gasteiger partial charge in [-0.15, -0.1) is 0 Å². The van der Waals surface area contributed by atoms with Crippen molar-refractivity contribution in [3.05, 3.63) is 28.8 Å². The van der Waals surface area contributed by atoms with Crippen LogP contribution in [0.4, 0.5) is 14.5 Å². The Balaban J connectivity index is 1.82. The summed E-state index contributed by atoms with van der Waals surface area (Å²) in [5.74, 6) is -2.34. The van der Waals surface area contributed by atoms with Crippen LogP contribution in [0, 0.1) is 11.6 Å². The van der Waals surface area contributed by atoms with E-state index in [2.05, 4.69) is 5.32 Å². The van der Waals surface area contributed by atoms with Crippen LogP contribution in [-0.4, -0.2) is 28.8 Å². The first-order chi connectivity index (χ1) is 9.47. The van der Waals surface area contributed by atoms with E-state index in [1.165, 1.54) is 4.90 Å². The van der Waals surface area contributed by atoms with Crippen LogP contribution in [0.5, 0.6) is 0 Å². The molecular weight excluding hydrogens is 290 g/mol. The van der Waals surface area contributed by atoms with E-state index in [-0.39, 0.29) is 35.0 Å². The molecule has 20 heavy (non-hydrogen) atoms. The van der Waals surface area contributed by atoms with E-state index >= 15 is 0 Å². The first-order valence-electron chi connectivity index (χ1n) is 6.24. The van der Waals surface area contributed by atoms with Crippen molar-refractivity contribution >= 4 is 29.1 Å². The Bertz CT molecular complexity index is 581. The first kappa shape index (κ1) is 13.3. The zero-order valence-electron chi connectivity index (χ0n) is 10.3. The molecule has 0 aromatic heterocycles. The third-order valence-electron chi connectivity index (χ3n) is 3.42. The number of halogens is 3. The van der Waals surface area contributed by atoms with Crippen LogP contribution in [0.2, 0.25) is 5.02 Å². The molecule has 1 aliphatic heterocycles. The van der Waals surface area contributed by atoms with Gasteiger partial charge in [0, 0.05) is 12.1 Å². The second kappa shape index (κ2) is 4.70. The Hall–Kier alpha value is -1.69. The van der Waals surface area contributed by atoms with Gasteiger partial charge >= 0.3 is 0 Å². The summed E-state index contributed by atoms with van der Waals surface area (Å²) < 4.78 is 26.6.